The molecule has 0 saturated heterocycles. The average molecular weight is 232 g/mol. The highest BCUT2D eigenvalue weighted by Gasteiger charge is 2.21. The standard InChI is InChI=1S/C10H20N2O4/c1-7(2)5-12(3)10(15)11-8(6-16-4)9(13)14/h7-8H,5-6H2,1-4H3,(H,11,15)(H,13,14). The number of nitrogens with one attached hydrogen (secondary N) is 1. The molecule has 0 rings (SSSR count). The van der Waals surface area contributed by atoms with Crippen molar-refractivity contribution < 1.29 is 19.4 Å². The van der Waals surface area contributed by atoms with E-state index < -0.39 is 18.0 Å². The maximum absolute atomic E-state index is 11.6. The number of rotatable bonds is 6. The number of amides is 2. The van der Waals surface area contributed by atoms with Crippen molar-refractivity contribution in [3.8, 4) is 0 Å². The molecule has 6 nitrogen and oxygen atoms in total. The van der Waals surface area contributed by atoms with Crippen molar-refractivity contribution in [2.24, 2.45) is 5.92 Å². The van der Waals surface area contributed by atoms with Crippen LogP contribution >= 0.6 is 0 Å². The lowest BCUT2D eigenvalue weighted by Gasteiger charge is -2.22. The van der Waals surface area contributed by atoms with E-state index in [1.165, 1.54) is 12.0 Å². The Labute approximate surface area is 95.6 Å². The third kappa shape index (κ3) is 5.55. The van der Waals surface area contributed by atoms with Gasteiger partial charge in [-0.3, -0.25) is 0 Å². The van der Waals surface area contributed by atoms with Gasteiger partial charge in [0, 0.05) is 20.7 Å². The Hall–Kier alpha value is -1.30. The molecule has 16 heavy (non-hydrogen) atoms. The van der Waals surface area contributed by atoms with Crippen molar-refractivity contribution in [1.29, 1.82) is 0 Å². The Morgan fingerprint density at radius 3 is 2.38 bits per heavy atom. The summed E-state index contributed by atoms with van der Waals surface area (Å²) in [5, 5.41) is 11.2. The smallest absolute Gasteiger partial charge is 0.328 e. The van der Waals surface area contributed by atoms with Crippen LogP contribution in [0.15, 0.2) is 0 Å². The van der Waals surface area contributed by atoms with Crippen LogP contribution in [0.25, 0.3) is 0 Å². The minimum atomic E-state index is -1.10. The van der Waals surface area contributed by atoms with E-state index in [0.717, 1.165) is 0 Å². The van der Waals surface area contributed by atoms with E-state index in [2.05, 4.69) is 5.32 Å². The van der Waals surface area contributed by atoms with Crippen LogP contribution in [-0.2, 0) is 9.53 Å². The van der Waals surface area contributed by atoms with Crippen LogP contribution in [0.1, 0.15) is 13.8 Å². The number of carboxylic acids is 1. The van der Waals surface area contributed by atoms with Crippen molar-refractivity contribution in [3.63, 3.8) is 0 Å². The number of hydrogen-bond donors (Lipinski definition) is 2. The molecule has 6 heteroatoms. The maximum Gasteiger partial charge on any atom is 0.328 e. The molecule has 2 N–H and O–H groups in total. The van der Waals surface area contributed by atoms with Gasteiger partial charge in [-0.1, -0.05) is 13.8 Å². The summed E-state index contributed by atoms with van der Waals surface area (Å²) in [5.41, 5.74) is 0. The topological polar surface area (TPSA) is 78.9 Å². The van der Waals surface area contributed by atoms with E-state index in [1.54, 1.807) is 7.05 Å². The lowest BCUT2D eigenvalue weighted by atomic mass is 10.2. The Kier molecular flexibility index (Phi) is 6.48. The fourth-order valence-electron chi connectivity index (χ4n) is 1.23. The molecule has 0 fully saturated rings. The van der Waals surface area contributed by atoms with E-state index in [0.29, 0.717) is 12.5 Å². The molecule has 0 aliphatic rings. The normalized spacial score (nSPS) is 12.3. The largest absolute Gasteiger partial charge is 0.480 e. The van der Waals surface area contributed by atoms with Crippen molar-refractivity contribution in [3.05, 3.63) is 0 Å². The highest BCUT2D eigenvalue weighted by Crippen LogP contribution is 1.97. The Morgan fingerprint density at radius 1 is 1.44 bits per heavy atom. The molecule has 1 atom stereocenters. The molecule has 0 aromatic heterocycles. The number of nitrogens with zero attached hydrogens (tertiary/aromatic N) is 1. The van der Waals surface area contributed by atoms with Crippen LogP contribution in [-0.4, -0.2) is 55.4 Å². The molecule has 0 spiro atoms. The fraction of sp³-hybridized carbons (Fsp3) is 0.800. The summed E-state index contributed by atoms with van der Waals surface area (Å²) in [6.07, 6.45) is 0. The first-order valence-electron chi connectivity index (χ1n) is 5.11. The highest BCUT2D eigenvalue weighted by molar-refractivity contribution is 5.82. The van der Waals surface area contributed by atoms with Gasteiger partial charge in [0.2, 0.25) is 0 Å². The van der Waals surface area contributed by atoms with Crippen molar-refractivity contribution in [2.75, 3.05) is 27.3 Å². The minimum Gasteiger partial charge on any atom is -0.480 e. The molecule has 0 heterocycles. The van der Waals surface area contributed by atoms with E-state index in [4.69, 9.17) is 9.84 Å². The Balaban J connectivity index is 4.23. The fourth-order valence-corrected chi connectivity index (χ4v) is 1.23. The van der Waals surface area contributed by atoms with E-state index >= 15 is 0 Å². The van der Waals surface area contributed by atoms with Gasteiger partial charge < -0.3 is 20.1 Å². The molecule has 0 aromatic carbocycles. The molecular formula is C10H20N2O4. The second-order valence-electron chi connectivity index (χ2n) is 4.07. The summed E-state index contributed by atoms with van der Waals surface area (Å²) in [4.78, 5) is 23.8. The number of carbonyl (C=O) groups excluding carboxylic acids is 1. The summed E-state index contributed by atoms with van der Waals surface area (Å²) >= 11 is 0. The van der Waals surface area contributed by atoms with Crippen LogP contribution < -0.4 is 5.32 Å². The summed E-state index contributed by atoms with van der Waals surface area (Å²) in [7, 11) is 3.01. The number of carboxylic acid groups (broad SMARTS) is 1. The van der Waals surface area contributed by atoms with Gasteiger partial charge >= 0.3 is 12.0 Å². The van der Waals surface area contributed by atoms with Gasteiger partial charge in [0.1, 0.15) is 0 Å². The predicted molar refractivity (Wildman–Crippen MR) is 59.3 cm³/mol. The predicted octanol–water partition coefficient (Wildman–Crippen LogP) is 0.383. The van der Waals surface area contributed by atoms with Crippen LogP contribution in [0.5, 0.6) is 0 Å². The zero-order valence-corrected chi connectivity index (χ0v) is 10.2. The summed E-state index contributed by atoms with van der Waals surface area (Å²) in [6.45, 7) is 4.49. The van der Waals surface area contributed by atoms with Crippen LogP contribution in [0, 0.1) is 5.92 Å². The molecular weight excluding hydrogens is 212 g/mol. The summed E-state index contributed by atoms with van der Waals surface area (Å²) in [5.74, 6) is -0.769. The molecule has 94 valence electrons. The number of ether oxygens (including phenoxy) is 1. The van der Waals surface area contributed by atoms with Gasteiger partial charge in [0.25, 0.3) is 0 Å². The SMILES string of the molecule is COCC(NC(=O)N(C)CC(C)C)C(=O)O. The van der Waals surface area contributed by atoms with Gasteiger partial charge in [-0.15, -0.1) is 0 Å². The van der Waals surface area contributed by atoms with Crippen LogP contribution in [0.2, 0.25) is 0 Å². The third-order valence-corrected chi connectivity index (χ3v) is 1.91. The van der Waals surface area contributed by atoms with Gasteiger partial charge in [-0.25, -0.2) is 9.59 Å². The van der Waals surface area contributed by atoms with Crippen molar-refractivity contribution in [2.45, 2.75) is 19.9 Å². The molecule has 2 amide bonds. The highest BCUT2D eigenvalue weighted by atomic mass is 16.5. The van der Waals surface area contributed by atoms with Crippen molar-refractivity contribution >= 4 is 12.0 Å². The number of methoxy groups -OCH3 is 1. The number of hydrogen-bond acceptors (Lipinski definition) is 3. The molecule has 1 unspecified atom stereocenters. The number of urea groups is 1. The van der Waals surface area contributed by atoms with Gasteiger partial charge in [-0.2, -0.15) is 0 Å². The monoisotopic (exact) mass is 232 g/mol. The lowest BCUT2D eigenvalue weighted by Crippen LogP contribution is -2.49. The van der Waals surface area contributed by atoms with Gasteiger partial charge in [0.15, 0.2) is 6.04 Å². The first kappa shape index (κ1) is 14.7. The van der Waals surface area contributed by atoms with E-state index in [-0.39, 0.29) is 6.61 Å². The zero-order chi connectivity index (χ0) is 12.7. The van der Waals surface area contributed by atoms with Crippen LogP contribution in [0.3, 0.4) is 0 Å². The van der Waals surface area contributed by atoms with Gasteiger partial charge in [0.05, 0.1) is 6.61 Å². The molecule has 0 radical (unpaired) electrons. The number of carbonyl (C=O) groups is 2. The summed E-state index contributed by atoms with van der Waals surface area (Å²) in [6, 6.07) is -1.41. The quantitative estimate of drug-likeness (QED) is 0.694. The molecule has 0 aromatic rings. The van der Waals surface area contributed by atoms with E-state index in [1.807, 2.05) is 13.8 Å². The zero-order valence-electron chi connectivity index (χ0n) is 10.2. The minimum absolute atomic E-state index is 0.0450. The van der Waals surface area contributed by atoms with E-state index in [9.17, 15) is 9.59 Å². The average Bonchev–Trinajstić information content (AvgIpc) is 2.15. The van der Waals surface area contributed by atoms with Crippen molar-refractivity contribution in [1.82, 2.24) is 10.2 Å². The first-order valence-corrected chi connectivity index (χ1v) is 5.11. The second kappa shape index (κ2) is 7.05. The maximum atomic E-state index is 11.6. The molecule has 0 aliphatic heterocycles. The Morgan fingerprint density at radius 2 is 2.00 bits per heavy atom. The van der Waals surface area contributed by atoms with Gasteiger partial charge in [-0.05, 0) is 5.92 Å². The second-order valence-corrected chi connectivity index (χ2v) is 4.07. The molecule has 0 bridgehead atoms. The molecule has 0 aliphatic carbocycles. The third-order valence-electron chi connectivity index (χ3n) is 1.91. The first-order chi connectivity index (χ1) is 7.38. The summed E-state index contributed by atoms with van der Waals surface area (Å²) < 4.78 is 4.71. The lowest BCUT2D eigenvalue weighted by molar-refractivity contribution is -0.140. The Bertz CT molecular complexity index is 243. The molecule has 0 saturated carbocycles. The number of aliphatic carboxylic acids is 1. The van der Waals surface area contributed by atoms with Crippen LogP contribution in [0.4, 0.5) is 4.79 Å².